The molecule has 0 radical (unpaired) electrons. The van der Waals surface area contributed by atoms with Gasteiger partial charge >= 0.3 is 5.69 Å². The summed E-state index contributed by atoms with van der Waals surface area (Å²) in [5, 5.41) is 4.14. The van der Waals surface area contributed by atoms with Crippen LogP contribution >= 0.6 is 23.4 Å². The number of nitrogens with zero attached hydrogens (tertiary/aromatic N) is 2. The maximum absolute atomic E-state index is 12.6. The number of amides is 1. The normalized spacial score (nSPS) is 18.2. The molecule has 1 fully saturated rings. The zero-order chi connectivity index (χ0) is 19.5. The number of hydrogen-bond donors (Lipinski definition) is 1. The summed E-state index contributed by atoms with van der Waals surface area (Å²) >= 11 is 7.19. The number of anilines is 1. The standard InChI is InChI=1S/C20H22ClN3O3S/c21-13-6-8-14(9-7-13)22-18(25)12-28-19-16-4-1-5-17(16)24(20(26)23-19)11-15-3-2-10-27-15/h6-9,15H,1-5,10-12H2,(H,22,25). The SMILES string of the molecule is O=C(CSc1nc(=O)n(CC2CCCO2)c2c1CCC2)Nc1ccc(Cl)cc1. The fourth-order valence-electron chi connectivity index (χ4n) is 3.75. The summed E-state index contributed by atoms with van der Waals surface area (Å²) in [6.07, 6.45) is 4.93. The first-order valence-electron chi connectivity index (χ1n) is 9.52. The van der Waals surface area contributed by atoms with E-state index in [0.29, 0.717) is 22.3 Å². The molecule has 4 rings (SSSR count). The van der Waals surface area contributed by atoms with Gasteiger partial charge in [-0.1, -0.05) is 23.4 Å². The Morgan fingerprint density at radius 1 is 1.29 bits per heavy atom. The van der Waals surface area contributed by atoms with E-state index in [1.165, 1.54) is 11.8 Å². The van der Waals surface area contributed by atoms with E-state index in [1.807, 2.05) is 0 Å². The highest BCUT2D eigenvalue weighted by Gasteiger charge is 2.25. The highest BCUT2D eigenvalue weighted by Crippen LogP contribution is 2.30. The minimum absolute atomic E-state index is 0.104. The van der Waals surface area contributed by atoms with E-state index < -0.39 is 0 Å². The highest BCUT2D eigenvalue weighted by atomic mass is 35.5. The summed E-state index contributed by atoms with van der Waals surface area (Å²) in [5.74, 6) is 0.0708. The number of carbonyl (C=O) groups is 1. The second kappa shape index (κ2) is 8.68. The molecule has 0 saturated carbocycles. The zero-order valence-corrected chi connectivity index (χ0v) is 17.0. The van der Waals surface area contributed by atoms with Crippen molar-refractivity contribution in [3.05, 3.63) is 51.0 Å². The van der Waals surface area contributed by atoms with E-state index in [1.54, 1.807) is 28.8 Å². The highest BCUT2D eigenvalue weighted by molar-refractivity contribution is 8.00. The Morgan fingerprint density at radius 2 is 2.11 bits per heavy atom. The van der Waals surface area contributed by atoms with Crippen LogP contribution in [0.25, 0.3) is 0 Å². The van der Waals surface area contributed by atoms with Gasteiger partial charge in [0.25, 0.3) is 0 Å². The van der Waals surface area contributed by atoms with Crippen molar-refractivity contribution in [1.29, 1.82) is 0 Å². The van der Waals surface area contributed by atoms with Gasteiger partial charge in [-0.25, -0.2) is 4.79 Å². The van der Waals surface area contributed by atoms with Crippen molar-refractivity contribution in [1.82, 2.24) is 9.55 Å². The van der Waals surface area contributed by atoms with Gasteiger partial charge in [0.1, 0.15) is 5.03 Å². The number of fused-ring (bicyclic) bond motifs is 1. The molecule has 28 heavy (non-hydrogen) atoms. The molecule has 2 aromatic rings. The maximum Gasteiger partial charge on any atom is 0.348 e. The summed E-state index contributed by atoms with van der Waals surface area (Å²) in [6.45, 7) is 1.35. The first-order chi connectivity index (χ1) is 13.6. The molecule has 1 aliphatic heterocycles. The van der Waals surface area contributed by atoms with Gasteiger partial charge in [-0.15, -0.1) is 0 Å². The Kier molecular flexibility index (Phi) is 6.04. The van der Waals surface area contributed by atoms with Crippen molar-refractivity contribution in [2.75, 3.05) is 17.7 Å². The van der Waals surface area contributed by atoms with Gasteiger partial charge in [0.15, 0.2) is 0 Å². The van der Waals surface area contributed by atoms with Crippen LogP contribution in [-0.2, 0) is 28.9 Å². The molecule has 0 spiro atoms. The van der Waals surface area contributed by atoms with Gasteiger partial charge < -0.3 is 10.1 Å². The van der Waals surface area contributed by atoms with Crippen LogP contribution in [-0.4, -0.2) is 33.9 Å². The van der Waals surface area contributed by atoms with E-state index in [9.17, 15) is 9.59 Å². The maximum atomic E-state index is 12.6. The lowest BCUT2D eigenvalue weighted by atomic mass is 10.2. The summed E-state index contributed by atoms with van der Waals surface area (Å²) < 4.78 is 7.48. The predicted molar refractivity (Wildman–Crippen MR) is 110 cm³/mol. The quantitative estimate of drug-likeness (QED) is 0.574. The van der Waals surface area contributed by atoms with Crippen molar-refractivity contribution in [3.63, 3.8) is 0 Å². The average Bonchev–Trinajstić information content (AvgIpc) is 3.36. The monoisotopic (exact) mass is 419 g/mol. The first-order valence-corrected chi connectivity index (χ1v) is 10.9. The van der Waals surface area contributed by atoms with Crippen LogP contribution in [0.3, 0.4) is 0 Å². The van der Waals surface area contributed by atoms with Gasteiger partial charge in [-0.2, -0.15) is 4.98 Å². The lowest BCUT2D eigenvalue weighted by Crippen LogP contribution is -2.31. The van der Waals surface area contributed by atoms with E-state index in [4.69, 9.17) is 16.3 Å². The first kappa shape index (κ1) is 19.5. The van der Waals surface area contributed by atoms with Crippen molar-refractivity contribution >= 4 is 35.0 Å². The molecule has 1 amide bonds. The van der Waals surface area contributed by atoms with Gasteiger partial charge in [-0.3, -0.25) is 9.36 Å². The average molecular weight is 420 g/mol. The number of rotatable bonds is 6. The number of ether oxygens (including phenoxy) is 1. The lowest BCUT2D eigenvalue weighted by molar-refractivity contribution is -0.113. The lowest BCUT2D eigenvalue weighted by Gasteiger charge is -2.17. The largest absolute Gasteiger partial charge is 0.376 e. The molecule has 1 aliphatic carbocycles. The van der Waals surface area contributed by atoms with E-state index in [2.05, 4.69) is 10.3 Å². The number of thioether (sulfide) groups is 1. The van der Waals surface area contributed by atoms with Crippen LogP contribution < -0.4 is 11.0 Å². The second-order valence-corrected chi connectivity index (χ2v) is 8.47. The van der Waals surface area contributed by atoms with Crippen molar-refractivity contribution < 1.29 is 9.53 Å². The molecular formula is C20H22ClN3O3S. The van der Waals surface area contributed by atoms with Crippen molar-refractivity contribution in [2.24, 2.45) is 0 Å². The minimum Gasteiger partial charge on any atom is -0.376 e. The Balaban J connectivity index is 1.45. The van der Waals surface area contributed by atoms with Gasteiger partial charge in [0, 0.05) is 28.6 Å². The number of aromatic nitrogens is 2. The van der Waals surface area contributed by atoms with Crippen LogP contribution in [0.5, 0.6) is 0 Å². The molecule has 1 unspecified atom stereocenters. The topological polar surface area (TPSA) is 73.2 Å². The summed E-state index contributed by atoms with van der Waals surface area (Å²) in [7, 11) is 0. The predicted octanol–water partition coefficient (Wildman–Crippen LogP) is 3.30. The fourth-order valence-corrected chi connectivity index (χ4v) is 4.75. The Bertz CT molecular complexity index is 924. The van der Waals surface area contributed by atoms with Crippen LogP contribution in [0.1, 0.15) is 30.5 Å². The Morgan fingerprint density at radius 3 is 2.86 bits per heavy atom. The molecule has 1 N–H and O–H groups in total. The Hall–Kier alpha value is -1.83. The second-order valence-electron chi connectivity index (χ2n) is 7.07. The van der Waals surface area contributed by atoms with Crippen LogP contribution in [0, 0.1) is 0 Å². The van der Waals surface area contributed by atoms with Crippen LogP contribution in [0.2, 0.25) is 5.02 Å². The molecule has 1 saturated heterocycles. The molecule has 1 aromatic carbocycles. The molecule has 1 aromatic heterocycles. The third kappa shape index (κ3) is 4.42. The number of halogens is 1. The van der Waals surface area contributed by atoms with E-state index >= 15 is 0 Å². The number of carbonyl (C=O) groups excluding carboxylic acids is 1. The van der Waals surface area contributed by atoms with Gasteiger partial charge in [0.2, 0.25) is 5.91 Å². The third-order valence-electron chi connectivity index (χ3n) is 5.08. The third-order valence-corrected chi connectivity index (χ3v) is 6.35. The minimum atomic E-state index is -0.239. The summed E-state index contributed by atoms with van der Waals surface area (Å²) in [5.41, 5.74) is 2.63. The van der Waals surface area contributed by atoms with Gasteiger partial charge in [0.05, 0.1) is 18.4 Å². The molecule has 2 heterocycles. The number of benzene rings is 1. The molecule has 0 bridgehead atoms. The number of hydrogen-bond acceptors (Lipinski definition) is 5. The molecular weight excluding hydrogens is 398 g/mol. The van der Waals surface area contributed by atoms with Crippen molar-refractivity contribution in [2.45, 2.75) is 49.8 Å². The zero-order valence-electron chi connectivity index (χ0n) is 15.4. The smallest absolute Gasteiger partial charge is 0.348 e. The van der Waals surface area contributed by atoms with Crippen LogP contribution in [0.4, 0.5) is 5.69 Å². The molecule has 2 aliphatic rings. The van der Waals surface area contributed by atoms with E-state index in [-0.39, 0.29) is 23.5 Å². The van der Waals surface area contributed by atoms with E-state index in [0.717, 1.165) is 50.0 Å². The van der Waals surface area contributed by atoms with Gasteiger partial charge in [-0.05, 0) is 56.4 Å². The summed E-state index contributed by atoms with van der Waals surface area (Å²) in [6, 6.07) is 6.97. The Labute approximate surface area is 172 Å². The molecule has 8 heteroatoms. The summed E-state index contributed by atoms with van der Waals surface area (Å²) in [4.78, 5) is 29.2. The molecule has 6 nitrogen and oxygen atoms in total. The van der Waals surface area contributed by atoms with Crippen molar-refractivity contribution in [3.8, 4) is 0 Å². The fraction of sp³-hybridized carbons (Fsp3) is 0.450. The molecule has 1 atom stereocenters. The molecule has 148 valence electrons. The van der Waals surface area contributed by atoms with Crippen LogP contribution in [0.15, 0.2) is 34.1 Å². The number of nitrogens with one attached hydrogen (secondary N) is 1.